The molecule has 2 heterocycles. The molecule has 2 aromatic rings. The van der Waals surface area contributed by atoms with Crippen LogP contribution >= 0.6 is 0 Å². The summed E-state index contributed by atoms with van der Waals surface area (Å²) >= 11 is 0. The summed E-state index contributed by atoms with van der Waals surface area (Å²) in [6.07, 6.45) is -4.05. The van der Waals surface area contributed by atoms with Gasteiger partial charge in [-0.15, -0.1) is 0 Å². The van der Waals surface area contributed by atoms with E-state index in [4.69, 9.17) is 4.42 Å². The van der Waals surface area contributed by atoms with E-state index in [1.807, 2.05) is 0 Å². The Hall–Kier alpha value is -2.02. The highest BCUT2D eigenvalue weighted by atomic mass is 19.4. The zero-order chi connectivity index (χ0) is 14.5. The van der Waals surface area contributed by atoms with Crippen molar-refractivity contribution in [2.75, 3.05) is 7.05 Å². The molecule has 0 amide bonds. The number of hydrogen-bond acceptors (Lipinski definition) is 4. The van der Waals surface area contributed by atoms with Crippen LogP contribution in [0.3, 0.4) is 0 Å². The van der Waals surface area contributed by atoms with Gasteiger partial charge in [-0.05, 0) is 6.07 Å². The second-order valence-corrected chi connectivity index (χ2v) is 4.71. The van der Waals surface area contributed by atoms with Crippen LogP contribution in [0, 0.1) is 0 Å². The van der Waals surface area contributed by atoms with Gasteiger partial charge in [-0.1, -0.05) is 18.2 Å². The Bertz CT molecular complexity index is 692. The van der Waals surface area contributed by atoms with Gasteiger partial charge >= 0.3 is 6.18 Å². The van der Waals surface area contributed by atoms with Crippen molar-refractivity contribution in [3.63, 3.8) is 0 Å². The number of hydrazone groups is 1. The lowest BCUT2D eigenvalue weighted by Crippen LogP contribution is -2.53. The average Bonchev–Trinajstić information content (AvgIpc) is 2.91. The first-order chi connectivity index (χ1) is 9.33. The summed E-state index contributed by atoms with van der Waals surface area (Å²) in [6, 6.07) is 6.98. The second-order valence-electron chi connectivity index (χ2n) is 4.71. The quantitative estimate of drug-likeness (QED) is 0.876. The van der Waals surface area contributed by atoms with Crippen LogP contribution in [0.25, 0.3) is 11.0 Å². The van der Waals surface area contributed by atoms with Crippen molar-refractivity contribution in [2.45, 2.75) is 18.3 Å². The third-order valence-corrected chi connectivity index (χ3v) is 3.47. The molecular formula is C13H11F3N2O2. The standard InChI is InChI=1S/C13H11F3N2O2/c1-18-12(19,13(14,15)16)6-10(17-18)9-7-20-11-5-3-2-4-8(9)11/h2-5,7,19H,6H2,1H3. The predicted molar refractivity (Wildman–Crippen MR) is 66.1 cm³/mol. The van der Waals surface area contributed by atoms with Crippen LogP contribution in [0.1, 0.15) is 12.0 Å². The molecule has 0 spiro atoms. The summed E-state index contributed by atoms with van der Waals surface area (Å²) in [5.74, 6) is 0. The lowest BCUT2D eigenvalue weighted by molar-refractivity contribution is -0.303. The van der Waals surface area contributed by atoms with E-state index in [1.54, 1.807) is 24.3 Å². The maximum Gasteiger partial charge on any atom is 0.438 e. The Labute approximate surface area is 112 Å². The molecule has 0 aliphatic carbocycles. The van der Waals surface area contributed by atoms with Crippen molar-refractivity contribution in [3.05, 3.63) is 36.1 Å². The average molecular weight is 284 g/mol. The maximum atomic E-state index is 12.9. The molecule has 0 saturated carbocycles. The molecule has 0 radical (unpaired) electrons. The normalized spacial score (nSPS) is 23.4. The first-order valence-corrected chi connectivity index (χ1v) is 5.90. The molecule has 0 saturated heterocycles. The van der Waals surface area contributed by atoms with Crippen LogP contribution in [-0.2, 0) is 0 Å². The van der Waals surface area contributed by atoms with Gasteiger partial charge < -0.3 is 9.52 Å². The fourth-order valence-corrected chi connectivity index (χ4v) is 2.28. The number of halogens is 3. The van der Waals surface area contributed by atoms with E-state index >= 15 is 0 Å². The van der Waals surface area contributed by atoms with Crippen LogP contribution in [0.4, 0.5) is 13.2 Å². The second kappa shape index (κ2) is 3.99. The fraction of sp³-hybridized carbons (Fsp3) is 0.308. The molecule has 106 valence electrons. The van der Waals surface area contributed by atoms with Crippen molar-refractivity contribution in [2.24, 2.45) is 5.10 Å². The molecule has 0 bridgehead atoms. The fourth-order valence-electron chi connectivity index (χ4n) is 2.28. The number of benzene rings is 1. The van der Waals surface area contributed by atoms with Crippen molar-refractivity contribution in [3.8, 4) is 0 Å². The van der Waals surface area contributed by atoms with E-state index in [0.29, 0.717) is 21.5 Å². The number of aliphatic hydroxyl groups is 1. The third kappa shape index (κ3) is 1.70. The van der Waals surface area contributed by atoms with E-state index in [9.17, 15) is 18.3 Å². The van der Waals surface area contributed by atoms with Gasteiger partial charge in [0.1, 0.15) is 11.8 Å². The number of hydrogen-bond donors (Lipinski definition) is 1. The molecule has 1 aromatic carbocycles. The highest BCUT2D eigenvalue weighted by Gasteiger charge is 2.60. The van der Waals surface area contributed by atoms with Gasteiger partial charge in [0, 0.05) is 18.0 Å². The van der Waals surface area contributed by atoms with Crippen LogP contribution in [0.5, 0.6) is 0 Å². The van der Waals surface area contributed by atoms with E-state index in [-0.39, 0.29) is 5.71 Å². The molecule has 1 unspecified atom stereocenters. The van der Waals surface area contributed by atoms with Crippen LogP contribution in [-0.4, -0.2) is 34.8 Å². The van der Waals surface area contributed by atoms with Crippen molar-refractivity contribution in [1.82, 2.24) is 5.01 Å². The van der Waals surface area contributed by atoms with Gasteiger partial charge in [0.2, 0.25) is 0 Å². The summed E-state index contributed by atoms with van der Waals surface area (Å²) in [6.45, 7) is 0. The summed E-state index contributed by atoms with van der Waals surface area (Å²) < 4.78 is 44.1. The predicted octanol–water partition coefficient (Wildman–Crippen LogP) is 2.72. The van der Waals surface area contributed by atoms with Crippen LogP contribution in [0.2, 0.25) is 0 Å². The van der Waals surface area contributed by atoms with Gasteiger partial charge in [0.15, 0.2) is 0 Å². The Morgan fingerprint density at radius 3 is 2.70 bits per heavy atom. The molecule has 7 heteroatoms. The Balaban J connectivity index is 2.03. The van der Waals surface area contributed by atoms with E-state index in [2.05, 4.69) is 5.10 Å². The third-order valence-electron chi connectivity index (χ3n) is 3.47. The zero-order valence-electron chi connectivity index (χ0n) is 10.5. The molecule has 1 atom stereocenters. The number of alkyl halides is 3. The molecule has 1 N–H and O–H groups in total. The van der Waals surface area contributed by atoms with E-state index in [0.717, 1.165) is 7.05 Å². The maximum absolute atomic E-state index is 12.9. The van der Waals surface area contributed by atoms with E-state index in [1.165, 1.54) is 6.26 Å². The Morgan fingerprint density at radius 1 is 1.35 bits per heavy atom. The highest BCUT2D eigenvalue weighted by Crippen LogP contribution is 2.41. The first-order valence-electron chi connectivity index (χ1n) is 5.90. The topological polar surface area (TPSA) is 49.0 Å². The molecule has 0 fully saturated rings. The first kappa shape index (κ1) is 13.0. The van der Waals surface area contributed by atoms with Gasteiger partial charge in [0.25, 0.3) is 5.72 Å². The largest absolute Gasteiger partial charge is 0.464 e. The lowest BCUT2D eigenvalue weighted by atomic mass is 10.0. The lowest BCUT2D eigenvalue weighted by Gasteiger charge is -2.31. The smallest absolute Gasteiger partial charge is 0.438 e. The molecule has 4 nitrogen and oxygen atoms in total. The molecule has 1 aliphatic heterocycles. The molecule has 20 heavy (non-hydrogen) atoms. The van der Waals surface area contributed by atoms with Gasteiger partial charge in [0.05, 0.1) is 12.1 Å². The highest BCUT2D eigenvalue weighted by molar-refractivity contribution is 6.11. The number of rotatable bonds is 1. The van der Waals surface area contributed by atoms with Gasteiger partial charge in [-0.3, -0.25) is 5.01 Å². The molecule has 1 aliphatic rings. The Kier molecular flexibility index (Phi) is 2.59. The van der Waals surface area contributed by atoms with Crippen LogP contribution < -0.4 is 0 Å². The monoisotopic (exact) mass is 284 g/mol. The van der Waals surface area contributed by atoms with E-state index < -0.39 is 18.3 Å². The Morgan fingerprint density at radius 2 is 2.05 bits per heavy atom. The van der Waals surface area contributed by atoms with Crippen molar-refractivity contribution in [1.29, 1.82) is 0 Å². The summed E-state index contributed by atoms with van der Waals surface area (Å²) in [5, 5.41) is 14.8. The summed E-state index contributed by atoms with van der Waals surface area (Å²) in [7, 11) is 1.10. The van der Waals surface area contributed by atoms with Crippen LogP contribution in [0.15, 0.2) is 40.0 Å². The summed E-state index contributed by atoms with van der Waals surface area (Å²) in [5.41, 5.74) is -1.79. The molecular weight excluding hydrogens is 273 g/mol. The number of para-hydroxylation sites is 1. The van der Waals surface area contributed by atoms with Gasteiger partial charge in [-0.25, -0.2) is 0 Å². The van der Waals surface area contributed by atoms with Crippen molar-refractivity contribution < 1.29 is 22.7 Å². The number of nitrogens with zero attached hydrogens (tertiary/aromatic N) is 2. The molecule has 1 aromatic heterocycles. The molecule has 3 rings (SSSR count). The summed E-state index contributed by atoms with van der Waals surface area (Å²) in [4.78, 5) is 0. The minimum atomic E-state index is -4.79. The zero-order valence-corrected chi connectivity index (χ0v) is 10.5. The number of fused-ring (bicyclic) bond motifs is 1. The van der Waals surface area contributed by atoms with Gasteiger partial charge in [-0.2, -0.15) is 18.3 Å². The minimum absolute atomic E-state index is 0.150. The van der Waals surface area contributed by atoms with Crippen molar-refractivity contribution >= 4 is 16.7 Å². The SMILES string of the molecule is CN1N=C(c2coc3ccccc23)CC1(O)C(F)(F)F. The number of furan rings is 1. The minimum Gasteiger partial charge on any atom is -0.464 e.